The fourth-order valence-corrected chi connectivity index (χ4v) is 2.04. The number of ether oxygens (including phenoxy) is 2. The van der Waals surface area contributed by atoms with Gasteiger partial charge in [-0.15, -0.1) is 0 Å². The molecular formula is C17H19N3O5. The van der Waals surface area contributed by atoms with Crippen LogP contribution < -0.4 is 15.6 Å². The molecule has 8 nitrogen and oxygen atoms in total. The van der Waals surface area contributed by atoms with Gasteiger partial charge in [0.05, 0.1) is 12.8 Å². The number of esters is 1. The van der Waals surface area contributed by atoms with Gasteiger partial charge in [-0.1, -0.05) is 6.07 Å². The topological polar surface area (TPSA) is 99.5 Å². The van der Waals surface area contributed by atoms with Gasteiger partial charge in [-0.25, -0.2) is 9.48 Å². The number of hydrogen-bond donors (Lipinski definition) is 1. The molecule has 1 unspecified atom stereocenters. The Hall–Kier alpha value is -3.16. The Morgan fingerprint density at radius 3 is 2.60 bits per heavy atom. The normalized spacial score (nSPS) is 11.5. The molecule has 0 saturated carbocycles. The standard InChI is InChI=1S/C17H19N3O5/c1-10-5-7-14(24-4)13(9-10)18-16(22)11(2)25-17(23)12-6-8-15(21)20(3)19-12/h5-9,11H,1-4H3,(H,18,22). The lowest BCUT2D eigenvalue weighted by Crippen LogP contribution is -2.31. The maximum Gasteiger partial charge on any atom is 0.359 e. The minimum absolute atomic E-state index is 0.0603. The molecule has 1 aromatic carbocycles. The fourth-order valence-electron chi connectivity index (χ4n) is 2.04. The smallest absolute Gasteiger partial charge is 0.359 e. The van der Waals surface area contributed by atoms with Crippen LogP contribution in [0.2, 0.25) is 0 Å². The van der Waals surface area contributed by atoms with Gasteiger partial charge in [0.2, 0.25) is 0 Å². The Bertz CT molecular complexity index is 860. The molecule has 1 amide bonds. The molecular weight excluding hydrogens is 326 g/mol. The lowest BCUT2D eigenvalue weighted by molar-refractivity contribution is -0.123. The molecule has 8 heteroatoms. The van der Waals surface area contributed by atoms with Crippen molar-refractivity contribution in [2.45, 2.75) is 20.0 Å². The second-order valence-electron chi connectivity index (χ2n) is 5.42. The minimum atomic E-state index is -1.06. The van der Waals surface area contributed by atoms with E-state index in [1.807, 2.05) is 13.0 Å². The van der Waals surface area contributed by atoms with Gasteiger partial charge in [0.25, 0.3) is 11.5 Å². The van der Waals surface area contributed by atoms with Crippen molar-refractivity contribution in [1.82, 2.24) is 9.78 Å². The van der Waals surface area contributed by atoms with Gasteiger partial charge in [-0.2, -0.15) is 5.10 Å². The van der Waals surface area contributed by atoms with Crippen molar-refractivity contribution in [3.63, 3.8) is 0 Å². The van der Waals surface area contributed by atoms with Crippen LogP contribution in [-0.4, -0.2) is 34.9 Å². The van der Waals surface area contributed by atoms with E-state index in [2.05, 4.69) is 10.4 Å². The number of carbonyl (C=O) groups is 2. The van der Waals surface area contributed by atoms with E-state index in [1.54, 1.807) is 12.1 Å². The summed E-state index contributed by atoms with van der Waals surface area (Å²) >= 11 is 0. The van der Waals surface area contributed by atoms with E-state index in [4.69, 9.17) is 9.47 Å². The molecule has 1 N–H and O–H groups in total. The van der Waals surface area contributed by atoms with Crippen LogP contribution in [0.15, 0.2) is 35.1 Å². The third-order valence-electron chi connectivity index (χ3n) is 3.44. The van der Waals surface area contributed by atoms with Crippen LogP contribution in [0.3, 0.4) is 0 Å². The van der Waals surface area contributed by atoms with Gasteiger partial charge < -0.3 is 14.8 Å². The maximum atomic E-state index is 12.3. The number of benzene rings is 1. The van der Waals surface area contributed by atoms with E-state index in [9.17, 15) is 14.4 Å². The molecule has 1 atom stereocenters. The summed E-state index contributed by atoms with van der Waals surface area (Å²) in [7, 11) is 2.91. The lowest BCUT2D eigenvalue weighted by atomic mass is 10.2. The molecule has 1 heterocycles. The molecule has 0 aliphatic heterocycles. The summed E-state index contributed by atoms with van der Waals surface area (Å²) in [6, 6.07) is 7.78. The molecule has 1 aromatic heterocycles. The first-order valence-electron chi connectivity index (χ1n) is 7.52. The monoisotopic (exact) mass is 345 g/mol. The predicted octanol–water partition coefficient (Wildman–Crippen LogP) is 1.28. The zero-order chi connectivity index (χ0) is 18.6. The Kier molecular flexibility index (Phi) is 5.53. The van der Waals surface area contributed by atoms with E-state index < -0.39 is 18.0 Å². The Morgan fingerprint density at radius 1 is 1.24 bits per heavy atom. The molecule has 2 rings (SSSR count). The van der Waals surface area contributed by atoms with Crippen molar-refractivity contribution >= 4 is 17.6 Å². The average molecular weight is 345 g/mol. The van der Waals surface area contributed by atoms with Gasteiger partial charge in [0.1, 0.15) is 5.75 Å². The summed E-state index contributed by atoms with van der Waals surface area (Å²) in [5, 5.41) is 6.45. The molecule has 0 radical (unpaired) electrons. The van der Waals surface area contributed by atoms with Crippen LogP contribution in [0.4, 0.5) is 5.69 Å². The number of aromatic nitrogens is 2. The molecule has 0 saturated heterocycles. The largest absolute Gasteiger partial charge is 0.495 e. The van der Waals surface area contributed by atoms with E-state index in [-0.39, 0.29) is 11.3 Å². The number of nitrogens with one attached hydrogen (secondary N) is 1. The van der Waals surface area contributed by atoms with E-state index >= 15 is 0 Å². The molecule has 0 aliphatic carbocycles. The highest BCUT2D eigenvalue weighted by molar-refractivity contribution is 5.97. The number of anilines is 1. The molecule has 132 valence electrons. The number of nitrogens with zero attached hydrogens (tertiary/aromatic N) is 2. The van der Waals surface area contributed by atoms with Crippen LogP contribution in [0.1, 0.15) is 23.0 Å². The third kappa shape index (κ3) is 4.43. The van der Waals surface area contributed by atoms with Crippen LogP contribution in [0, 0.1) is 6.92 Å². The lowest BCUT2D eigenvalue weighted by Gasteiger charge is -2.15. The molecule has 0 spiro atoms. The number of carbonyl (C=O) groups excluding carboxylic acids is 2. The highest BCUT2D eigenvalue weighted by atomic mass is 16.5. The predicted molar refractivity (Wildman–Crippen MR) is 90.7 cm³/mol. The first-order chi connectivity index (χ1) is 11.8. The van der Waals surface area contributed by atoms with Crippen LogP contribution in [0.25, 0.3) is 0 Å². The van der Waals surface area contributed by atoms with Gasteiger partial charge in [-0.3, -0.25) is 9.59 Å². The van der Waals surface area contributed by atoms with Gasteiger partial charge in [-0.05, 0) is 37.6 Å². The van der Waals surface area contributed by atoms with Crippen molar-refractivity contribution in [2.24, 2.45) is 7.05 Å². The Labute approximate surface area is 144 Å². The highest BCUT2D eigenvalue weighted by Gasteiger charge is 2.21. The maximum absolute atomic E-state index is 12.3. The number of aryl methyl sites for hydroxylation is 2. The van der Waals surface area contributed by atoms with E-state index in [0.717, 1.165) is 10.2 Å². The van der Waals surface area contributed by atoms with Crippen LogP contribution >= 0.6 is 0 Å². The number of rotatable bonds is 5. The van der Waals surface area contributed by atoms with E-state index in [1.165, 1.54) is 33.2 Å². The first kappa shape index (κ1) is 18.2. The quantitative estimate of drug-likeness (QED) is 0.820. The first-order valence-corrected chi connectivity index (χ1v) is 7.52. The molecule has 0 bridgehead atoms. The SMILES string of the molecule is COc1ccc(C)cc1NC(=O)C(C)OC(=O)c1ccc(=O)n(C)n1. The number of hydrogen-bond acceptors (Lipinski definition) is 6. The molecule has 2 aromatic rings. The summed E-state index contributed by atoms with van der Waals surface area (Å²) in [6.45, 7) is 3.32. The molecule has 0 fully saturated rings. The molecule has 0 aliphatic rings. The summed E-state index contributed by atoms with van der Waals surface area (Å²) < 4.78 is 11.3. The van der Waals surface area contributed by atoms with Crippen LogP contribution in [-0.2, 0) is 16.6 Å². The second kappa shape index (κ2) is 7.61. The summed E-state index contributed by atoms with van der Waals surface area (Å²) in [4.78, 5) is 35.6. The Morgan fingerprint density at radius 2 is 1.96 bits per heavy atom. The van der Waals surface area contributed by atoms with Gasteiger partial charge in [0.15, 0.2) is 11.8 Å². The van der Waals surface area contributed by atoms with Crippen molar-refractivity contribution in [3.05, 3.63) is 51.9 Å². The van der Waals surface area contributed by atoms with E-state index in [0.29, 0.717) is 11.4 Å². The van der Waals surface area contributed by atoms with Crippen molar-refractivity contribution in [2.75, 3.05) is 12.4 Å². The summed E-state index contributed by atoms with van der Waals surface area (Å²) in [5.41, 5.74) is 1.01. The van der Waals surface area contributed by atoms with Gasteiger partial charge in [0, 0.05) is 13.1 Å². The molecule has 25 heavy (non-hydrogen) atoms. The van der Waals surface area contributed by atoms with Crippen molar-refractivity contribution < 1.29 is 19.1 Å². The fraction of sp³-hybridized carbons (Fsp3) is 0.294. The summed E-state index contributed by atoms with van der Waals surface area (Å²) in [6.07, 6.45) is -1.06. The second-order valence-corrected chi connectivity index (χ2v) is 5.42. The zero-order valence-electron chi connectivity index (χ0n) is 14.4. The minimum Gasteiger partial charge on any atom is -0.495 e. The van der Waals surface area contributed by atoms with Crippen molar-refractivity contribution in [3.8, 4) is 5.75 Å². The number of methoxy groups -OCH3 is 1. The van der Waals surface area contributed by atoms with Crippen molar-refractivity contribution in [1.29, 1.82) is 0 Å². The highest BCUT2D eigenvalue weighted by Crippen LogP contribution is 2.25. The van der Waals surface area contributed by atoms with Crippen LogP contribution in [0.5, 0.6) is 5.75 Å². The average Bonchev–Trinajstić information content (AvgIpc) is 2.57. The summed E-state index contributed by atoms with van der Waals surface area (Å²) in [5.74, 6) is -0.811. The zero-order valence-corrected chi connectivity index (χ0v) is 14.4. The Balaban J connectivity index is 2.07. The van der Waals surface area contributed by atoms with Gasteiger partial charge >= 0.3 is 5.97 Å². The number of amides is 1. The third-order valence-corrected chi connectivity index (χ3v) is 3.44.